The first kappa shape index (κ1) is 25.6. The van der Waals surface area contributed by atoms with Crippen LogP contribution in [0.5, 0.6) is 11.6 Å². The number of thiazole rings is 1. The highest BCUT2D eigenvalue weighted by molar-refractivity contribution is 7.13. The number of hydrogen-bond donors (Lipinski definition) is 2. The summed E-state index contributed by atoms with van der Waals surface area (Å²) in [6.07, 6.45) is 6.86. The number of carbonyl (C=O) groups excluding carboxylic acids is 1. The molecule has 1 aliphatic rings. The number of nitrogens with one attached hydrogen (secondary N) is 2. The number of piperidine rings is 1. The topological polar surface area (TPSA) is 102 Å². The van der Waals surface area contributed by atoms with E-state index in [1.54, 1.807) is 37.0 Å². The summed E-state index contributed by atoms with van der Waals surface area (Å²) in [6.45, 7) is 2.44. The van der Waals surface area contributed by atoms with E-state index in [-0.39, 0.29) is 0 Å². The second-order valence-electron chi connectivity index (χ2n) is 8.99. The molecule has 0 spiro atoms. The zero-order valence-corrected chi connectivity index (χ0v) is 22.0. The quantitative estimate of drug-likeness (QED) is 0.287. The van der Waals surface area contributed by atoms with Crippen molar-refractivity contribution in [2.45, 2.75) is 31.8 Å². The van der Waals surface area contributed by atoms with Crippen LogP contribution in [0.3, 0.4) is 0 Å². The molecule has 38 heavy (non-hydrogen) atoms. The predicted octanol–water partition coefficient (Wildman–Crippen LogP) is 5.69. The zero-order chi connectivity index (χ0) is 26.2. The molecule has 10 heteroatoms. The number of hydrogen-bond acceptors (Lipinski definition) is 8. The van der Waals surface area contributed by atoms with Gasteiger partial charge in [0.2, 0.25) is 5.88 Å². The van der Waals surface area contributed by atoms with Gasteiger partial charge < -0.3 is 9.47 Å². The van der Waals surface area contributed by atoms with Crippen molar-refractivity contribution in [3.63, 3.8) is 0 Å². The van der Waals surface area contributed by atoms with E-state index in [4.69, 9.17) is 9.47 Å². The summed E-state index contributed by atoms with van der Waals surface area (Å²) in [5.74, 6) is 2.22. The van der Waals surface area contributed by atoms with Crippen LogP contribution in [0, 0.1) is 0 Å². The summed E-state index contributed by atoms with van der Waals surface area (Å²) in [4.78, 5) is 28.0. The fraction of sp³-hybridized carbons (Fsp3) is 0.286. The van der Waals surface area contributed by atoms with Gasteiger partial charge in [0, 0.05) is 42.0 Å². The van der Waals surface area contributed by atoms with Crippen LogP contribution in [0.1, 0.15) is 24.8 Å². The van der Waals surface area contributed by atoms with Gasteiger partial charge in [-0.1, -0.05) is 24.6 Å². The molecule has 5 rings (SSSR count). The summed E-state index contributed by atoms with van der Waals surface area (Å²) in [6, 6.07) is 17.2. The zero-order valence-electron chi connectivity index (χ0n) is 21.2. The van der Waals surface area contributed by atoms with Gasteiger partial charge in [0.15, 0.2) is 0 Å². The van der Waals surface area contributed by atoms with E-state index in [1.807, 2.05) is 30.3 Å². The van der Waals surface area contributed by atoms with Crippen LogP contribution in [0.15, 0.2) is 72.4 Å². The van der Waals surface area contributed by atoms with Crippen molar-refractivity contribution in [2.75, 3.05) is 30.9 Å². The molecule has 4 heterocycles. The fourth-order valence-corrected chi connectivity index (χ4v) is 5.15. The normalized spacial score (nSPS) is 15.6. The van der Waals surface area contributed by atoms with Crippen molar-refractivity contribution in [1.29, 1.82) is 0 Å². The summed E-state index contributed by atoms with van der Waals surface area (Å²) in [5.41, 5.74) is 2.20. The van der Waals surface area contributed by atoms with E-state index in [0.717, 1.165) is 35.8 Å². The van der Waals surface area contributed by atoms with Crippen molar-refractivity contribution >= 4 is 29.0 Å². The minimum atomic E-state index is -0.417. The Morgan fingerprint density at radius 3 is 2.66 bits per heavy atom. The number of nitrogens with zero attached hydrogens (tertiary/aromatic N) is 4. The van der Waals surface area contributed by atoms with E-state index in [0.29, 0.717) is 30.2 Å². The summed E-state index contributed by atoms with van der Waals surface area (Å²) in [7, 11) is 1.68. The number of carbonyl (C=O) groups is 1. The van der Waals surface area contributed by atoms with Gasteiger partial charge >= 0.3 is 6.03 Å². The van der Waals surface area contributed by atoms with Crippen molar-refractivity contribution in [1.82, 2.24) is 19.9 Å². The lowest BCUT2D eigenvalue weighted by Crippen LogP contribution is -2.42. The highest BCUT2D eigenvalue weighted by atomic mass is 32.1. The SMILES string of the molecule is COc1ccc(CN2CCCCC2COc2cccc(NC(=O)Nc3csc(-c4ccncc4)n3)n2)cc1. The number of benzene rings is 1. The van der Waals surface area contributed by atoms with Gasteiger partial charge in [0.25, 0.3) is 0 Å². The largest absolute Gasteiger partial charge is 0.497 e. The minimum Gasteiger partial charge on any atom is -0.497 e. The number of pyridine rings is 2. The fourth-order valence-electron chi connectivity index (χ4n) is 4.39. The van der Waals surface area contributed by atoms with E-state index >= 15 is 0 Å². The van der Waals surface area contributed by atoms with Crippen LogP contribution in [-0.4, -0.2) is 52.2 Å². The molecule has 1 aliphatic heterocycles. The van der Waals surface area contributed by atoms with Crippen LogP contribution in [0.25, 0.3) is 10.6 Å². The maximum Gasteiger partial charge on any atom is 0.326 e. The van der Waals surface area contributed by atoms with Crippen LogP contribution in [0.4, 0.5) is 16.4 Å². The molecule has 0 saturated carbocycles. The van der Waals surface area contributed by atoms with Crippen molar-refractivity contribution in [3.05, 3.63) is 77.9 Å². The Kier molecular flexibility index (Phi) is 8.42. The average Bonchev–Trinajstić information content (AvgIpc) is 3.42. The number of aromatic nitrogens is 3. The summed E-state index contributed by atoms with van der Waals surface area (Å²) < 4.78 is 11.4. The van der Waals surface area contributed by atoms with Gasteiger partial charge in [0.1, 0.15) is 29.0 Å². The van der Waals surface area contributed by atoms with Gasteiger partial charge in [0.05, 0.1) is 7.11 Å². The van der Waals surface area contributed by atoms with Crippen molar-refractivity contribution in [3.8, 4) is 22.2 Å². The van der Waals surface area contributed by atoms with Crippen LogP contribution in [0.2, 0.25) is 0 Å². The summed E-state index contributed by atoms with van der Waals surface area (Å²) >= 11 is 1.45. The van der Waals surface area contributed by atoms with Crippen LogP contribution < -0.4 is 20.1 Å². The third-order valence-electron chi connectivity index (χ3n) is 6.36. The number of amides is 2. The lowest BCUT2D eigenvalue weighted by Gasteiger charge is -2.35. The maximum atomic E-state index is 12.5. The minimum absolute atomic E-state index is 0.298. The molecule has 2 amide bonds. The van der Waals surface area contributed by atoms with E-state index in [9.17, 15) is 4.79 Å². The molecule has 9 nitrogen and oxygen atoms in total. The maximum absolute atomic E-state index is 12.5. The molecule has 4 aromatic rings. The van der Waals surface area contributed by atoms with Gasteiger partial charge in [-0.2, -0.15) is 4.98 Å². The van der Waals surface area contributed by atoms with E-state index < -0.39 is 6.03 Å². The molecule has 0 radical (unpaired) electrons. The monoisotopic (exact) mass is 530 g/mol. The van der Waals surface area contributed by atoms with Crippen LogP contribution >= 0.6 is 11.3 Å². The number of anilines is 2. The Morgan fingerprint density at radius 1 is 1.03 bits per heavy atom. The van der Waals surface area contributed by atoms with Crippen LogP contribution in [-0.2, 0) is 6.54 Å². The number of likely N-dealkylation sites (tertiary alicyclic amines) is 1. The molecule has 0 aliphatic carbocycles. The molecule has 196 valence electrons. The Labute approximate surface area is 225 Å². The van der Waals surface area contributed by atoms with E-state index in [2.05, 4.69) is 42.6 Å². The third kappa shape index (κ3) is 6.84. The number of urea groups is 1. The molecular formula is C28H30N6O3S. The van der Waals surface area contributed by atoms with Gasteiger partial charge in [-0.15, -0.1) is 11.3 Å². The molecule has 1 aromatic carbocycles. The molecule has 1 atom stereocenters. The number of methoxy groups -OCH3 is 1. The molecule has 1 unspecified atom stereocenters. The molecule has 0 bridgehead atoms. The molecular weight excluding hydrogens is 500 g/mol. The molecule has 1 fully saturated rings. The number of rotatable bonds is 9. The molecule has 1 saturated heterocycles. The first-order chi connectivity index (χ1) is 18.7. The second-order valence-corrected chi connectivity index (χ2v) is 9.85. The van der Waals surface area contributed by atoms with Gasteiger partial charge in [-0.3, -0.25) is 20.5 Å². The standard InChI is InChI=1S/C28H30N6O3S/c1-36-23-10-8-20(9-11-23)17-34-16-3-2-5-22(34)18-37-26-7-4-6-24(30-26)32-28(35)33-25-19-38-27(31-25)21-12-14-29-15-13-21/h4,6-15,19,22H,2-3,5,16-18H2,1H3,(H2,30,32,33,35). The first-order valence-electron chi connectivity index (χ1n) is 12.6. The average molecular weight is 531 g/mol. The smallest absolute Gasteiger partial charge is 0.326 e. The Morgan fingerprint density at radius 2 is 1.84 bits per heavy atom. The van der Waals surface area contributed by atoms with Gasteiger partial charge in [-0.05, 0) is 55.3 Å². The Balaban J connectivity index is 1.14. The molecule has 2 N–H and O–H groups in total. The van der Waals surface area contributed by atoms with Crippen molar-refractivity contribution in [2.24, 2.45) is 0 Å². The predicted molar refractivity (Wildman–Crippen MR) is 149 cm³/mol. The molecule has 3 aromatic heterocycles. The Hall–Kier alpha value is -4.02. The third-order valence-corrected chi connectivity index (χ3v) is 7.25. The lowest BCUT2D eigenvalue weighted by atomic mass is 10.0. The highest BCUT2D eigenvalue weighted by Crippen LogP contribution is 2.26. The number of ether oxygens (including phenoxy) is 2. The van der Waals surface area contributed by atoms with E-state index in [1.165, 1.54) is 29.7 Å². The van der Waals surface area contributed by atoms with Crippen molar-refractivity contribution < 1.29 is 14.3 Å². The van der Waals surface area contributed by atoms with Gasteiger partial charge in [-0.25, -0.2) is 9.78 Å². The second kappa shape index (κ2) is 12.5. The summed E-state index contributed by atoms with van der Waals surface area (Å²) in [5, 5.41) is 8.12. The first-order valence-corrected chi connectivity index (χ1v) is 13.4. The lowest BCUT2D eigenvalue weighted by molar-refractivity contribution is 0.0915. The highest BCUT2D eigenvalue weighted by Gasteiger charge is 2.23. The Bertz CT molecular complexity index is 1330.